The second-order valence-electron chi connectivity index (χ2n) is 6.96. The molecule has 158 valence electrons. The summed E-state index contributed by atoms with van der Waals surface area (Å²) in [6.07, 6.45) is 5.23. The van der Waals surface area contributed by atoms with Crippen molar-refractivity contribution < 1.29 is 18.0 Å². The van der Waals surface area contributed by atoms with Crippen molar-refractivity contribution in [1.29, 1.82) is 0 Å². The number of rotatable bonds is 8. The Balaban J connectivity index is 1.32. The molecular weight excluding hydrogens is 402 g/mol. The summed E-state index contributed by atoms with van der Waals surface area (Å²) in [6, 6.07) is 13.3. The smallest absolute Gasteiger partial charge is 0.220 e. The molecule has 0 aliphatic heterocycles. The van der Waals surface area contributed by atoms with Crippen molar-refractivity contribution in [2.45, 2.75) is 25.9 Å². The van der Waals surface area contributed by atoms with Crippen molar-refractivity contribution in [2.24, 2.45) is 0 Å². The first-order chi connectivity index (χ1) is 15.1. The van der Waals surface area contributed by atoms with E-state index in [4.69, 9.17) is 4.42 Å². The largest absolute Gasteiger partial charge is 0.441 e. The minimum Gasteiger partial charge on any atom is -0.441 e. The number of nitrogens with one attached hydrogen (secondary N) is 1. The van der Waals surface area contributed by atoms with Crippen LogP contribution in [0.5, 0.6) is 0 Å². The van der Waals surface area contributed by atoms with Gasteiger partial charge in [-0.3, -0.25) is 9.48 Å². The van der Waals surface area contributed by atoms with Crippen LogP contribution in [0.3, 0.4) is 0 Å². The highest BCUT2D eigenvalue weighted by Gasteiger charge is 2.16. The molecule has 0 aliphatic carbocycles. The molecule has 4 aromatic rings. The third kappa shape index (κ3) is 5.03. The molecule has 0 unspecified atom stereocenters. The van der Waals surface area contributed by atoms with Crippen LogP contribution < -0.4 is 5.32 Å². The van der Waals surface area contributed by atoms with E-state index in [0.717, 1.165) is 23.3 Å². The highest BCUT2D eigenvalue weighted by molar-refractivity contribution is 5.76. The first-order valence-electron chi connectivity index (χ1n) is 9.80. The lowest BCUT2D eigenvalue weighted by Gasteiger charge is -2.11. The van der Waals surface area contributed by atoms with Crippen molar-refractivity contribution in [2.75, 3.05) is 0 Å². The lowest BCUT2D eigenvalue weighted by Crippen LogP contribution is -2.24. The van der Waals surface area contributed by atoms with E-state index in [2.05, 4.69) is 15.4 Å². The Labute approximate surface area is 177 Å². The van der Waals surface area contributed by atoms with Crippen LogP contribution in [-0.2, 0) is 24.3 Å². The van der Waals surface area contributed by atoms with Gasteiger partial charge in [0.05, 0.1) is 18.3 Å². The quantitative estimate of drug-likeness (QED) is 0.464. The summed E-state index contributed by atoms with van der Waals surface area (Å²) >= 11 is 0. The molecule has 2 heterocycles. The molecular formula is C23H20F2N4O2. The SMILES string of the molecule is O=C(CCc1ncc(-c2c(F)cccc2F)o1)NCc1ccccc1Cn1cccn1. The lowest BCUT2D eigenvalue weighted by atomic mass is 10.1. The Morgan fingerprint density at radius 2 is 1.81 bits per heavy atom. The summed E-state index contributed by atoms with van der Waals surface area (Å²) in [7, 11) is 0. The number of hydrogen-bond donors (Lipinski definition) is 1. The molecule has 2 aromatic heterocycles. The zero-order valence-electron chi connectivity index (χ0n) is 16.6. The van der Waals surface area contributed by atoms with Gasteiger partial charge in [-0.15, -0.1) is 0 Å². The number of oxazole rings is 1. The maximum Gasteiger partial charge on any atom is 0.220 e. The van der Waals surface area contributed by atoms with Gasteiger partial charge in [-0.05, 0) is 29.3 Å². The van der Waals surface area contributed by atoms with E-state index in [0.29, 0.717) is 13.1 Å². The van der Waals surface area contributed by atoms with E-state index < -0.39 is 11.6 Å². The third-order valence-electron chi connectivity index (χ3n) is 4.81. The fourth-order valence-corrected chi connectivity index (χ4v) is 3.23. The fraction of sp³-hybridized carbons (Fsp3) is 0.174. The predicted octanol–water partition coefficient (Wildman–Crippen LogP) is 4.11. The van der Waals surface area contributed by atoms with Crippen LogP contribution in [0.1, 0.15) is 23.4 Å². The Morgan fingerprint density at radius 1 is 1.03 bits per heavy atom. The molecule has 31 heavy (non-hydrogen) atoms. The zero-order valence-corrected chi connectivity index (χ0v) is 16.6. The monoisotopic (exact) mass is 422 g/mol. The molecule has 0 spiro atoms. The van der Waals surface area contributed by atoms with Gasteiger partial charge in [0.1, 0.15) is 11.6 Å². The predicted molar refractivity (Wildman–Crippen MR) is 110 cm³/mol. The number of hydrogen-bond acceptors (Lipinski definition) is 4. The van der Waals surface area contributed by atoms with Crippen LogP contribution in [0.25, 0.3) is 11.3 Å². The Bertz CT molecular complexity index is 1150. The average Bonchev–Trinajstić information content (AvgIpc) is 3.44. The lowest BCUT2D eigenvalue weighted by molar-refractivity contribution is -0.121. The van der Waals surface area contributed by atoms with Gasteiger partial charge in [0.25, 0.3) is 0 Å². The number of aromatic nitrogens is 3. The minimum absolute atomic E-state index is 0.00134. The summed E-state index contributed by atoms with van der Waals surface area (Å²) in [4.78, 5) is 16.3. The molecule has 2 aromatic carbocycles. The van der Waals surface area contributed by atoms with E-state index >= 15 is 0 Å². The maximum atomic E-state index is 13.9. The highest BCUT2D eigenvalue weighted by atomic mass is 19.1. The van der Waals surface area contributed by atoms with E-state index in [-0.39, 0.29) is 36.0 Å². The molecule has 0 bridgehead atoms. The van der Waals surface area contributed by atoms with E-state index in [1.54, 1.807) is 6.20 Å². The van der Waals surface area contributed by atoms with Crippen molar-refractivity contribution in [3.63, 3.8) is 0 Å². The Kier molecular flexibility index (Phi) is 6.16. The van der Waals surface area contributed by atoms with Crippen molar-refractivity contribution >= 4 is 5.91 Å². The van der Waals surface area contributed by atoms with E-state index in [1.165, 1.54) is 12.3 Å². The molecule has 6 nitrogen and oxygen atoms in total. The van der Waals surface area contributed by atoms with Crippen LogP contribution >= 0.6 is 0 Å². The van der Waals surface area contributed by atoms with Gasteiger partial charge in [-0.2, -0.15) is 5.10 Å². The van der Waals surface area contributed by atoms with Crippen molar-refractivity contribution in [3.8, 4) is 11.3 Å². The molecule has 0 saturated carbocycles. The van der Waals surface area contributed by atoms with Crippen LogP contribution in [0.4, 0.5) is 8.78 Å². The van der Waals surface area contributed by atoms with E-state index in [9.17, 15) is 13.6 Å². The van der Waals surface area contributed by atoms with Gasteiger partial charge in [-0.1, -0.05) is 30.3 Å². The minimum atomic E-state index is -0.728. The number of amides is 1. The molecule has 1 amide bonds. The summed E-state index contributed by atoms with van der Waals surface area (Å²) in [6.45, 7) is 0.998. The number of halogens is 2. The molecule has 0 atom stereocenters. The number of aryl methyl sites for hydroxylation is 1. The first-order valence-corrected chi connectivity index (χ1v) is 9.80. The van der Waals surface area contributed by atoms with Crippen LogP contribution in [0, 0.1) is 11.6 Å². The second kappa shape index (κ2) is 9.34. The van der Waals surface area contributed by atoms with Crippen molar-refractivity contribution in [1.82, 2.24) is 20.1 Å². The molecule has 4 rings (SSSR count). The normalized spacial score (nSPS) is 10.9. The number of carbonyl (C=O) groups is 1. The number of carbonyl (C=O) groups excluding carboxylic acids is 1. The topological polar surface area (TPSA) is 73.0 Å². The molecule has 0 saturated heterocycles. The number of nitrogens with zero attached hydrogens (tertiary/aromatic N) is 3. The summed E-state index contributed by atoms with van der Waals surface area (Å²) in [5.74, 6) is -1.39. The Morgan fingerprint density at radius 3 is 2.55 bits per heavy atom. The highest BCUT2D eigenvalue weighted by Crippen LogP contribution is 2.26. The average molecular weight is 422 g/mol. The molecule has 8 heteroatoms. The van der Waals surface area contributed by atoms with Gasteiger partial charge >= 0.3 is 0 Å². The van der Waals surface area contributed by atoms with Gasteiger partial charge in [0, 0.05) is 31.8 Å². The second-order valence-corrected chi connectivity index (χ2v) is 6.96. The molecule has 0 fully saturated rings. The third-order valence-corrected chi connectivity index (χ3v) is 4.81. The maximum absolute atomic E-state index is 13.9. The van der Waals surface area contributed by atoms with Crippen LogP contribution in [0.15, 0.2) is 71.5 Å². The van der Waals surface area contributed by atoms with Gasteiger partial charge < -0.3 is 9.73 Å². The Hall–Kier alpha value is -3.81. The fourth-order valence-electron chi connectivity index (χ4n) is 3.23. The summed E-state index contributed by atoms with van der Waals surface area (Å²) in [5.41, 5.74) is 1.80. The molecule has 0 radical (unpaired) electrons. The molecule has 0 aliphatic rings. The number of benzene rings is 2. The zero-order chi connectivity index (χ0) is 21.6. The summed E-state index contributed by atoms with van der Waals surface area (Å²) < 4.78 is 35.0. The first kappa shape index (κ1) is 20.5. The van der Waals surface area contributed by atoms with Gasteiger partial charge in [0.15, 0.2) is 11.7 Å². The van der Waals surface area contributed by atoms with Gasteiger partial charge in [0.2, 0.25) is 5.91 Å². The van der Waals surface area contributed by atoms with Crippen LogP contribution in [0.2, 0.25) is 0 Å². The van der Waals surface area contributed by atoms with Gasteiger partial charge in [-0.25, -0.2) is 13.8 Å². The van der Waals surface area contributed by atoms with Crippen LogP contribution in [-0.4, -0.2) is 20.7 Å². The summed E-state index contributed by atoms with van der Waals surface area (Å²) in [5, 5.41) is 7.10. The standard InChI is InChI=1S/C23H20F2N4O2/c24-18-7-3-8-19(25)23(18)20-14-27-22(31-20)10-9-21(30)26-13-16-5-1-2-6-17(16)15-29-12-4-11-28-29/h1-8,11-12,14H,9-10,13,15H2,(H,26,30). The van der Waals surface area contributed by atoms with E-state index in [1.807, 2.05) is 41.2 Å². The van der Waals surface area contributed by atoms with Crippen molar-refractivity contribution in [3.05, 3.63) is 95.8 Å². The molecule has 1 N–H and O–H groups in total.